The van der Waals surface area contributed by atoms with Crippen molar-refractivity contribution in [2.75, 3.05) is 4.90 Å². The number of rotatable bonds is 5. The maximum atomic E-state index is 14.4. The first-order valence-electron chi connectivity index (χ1n) is 14.1. The average Bonchev–Trinajstić information content (AvgIpc) is 3.34. The maximum absolute atomic E-state index is 14.4. The third kappa shape index (κ3) is 4.07. The number of fused-ring (bicyclic) bond motifs is 4. The van der Waals surface area contributed by atoms with E-state index in [0.29, 0.717) is 11.3 Å². The Morgan fingerprint density at radius 2 is 1.67 bits per heavy atom. The van der Waals surface area contributed by atoms with Gasteiger partial charge in [0.15, 0.2) is 9.75 Å². The van der Waals surface area contributed by atoms with Crippen molar-refractivity contribution in [3.05, 3.63) is 122 Å². The van der Waals surface area contributed by atoms with Crippen LogP contribution < -0.4 is 21.0 Å². The number of amides is 2. The van der Waals surface area contributed by atoms with E-state index in [4.69, 9.17) is 27.9 Å². The Morgan fingerprint density at radius 3 is 2.36 bits per heavy atom. The third-order valence-corrected chi connectivity index (χ3v) is 10.3. The van der Waals surface area contributed by atoms with Gasteiger partial charge in [-0.3, -0.25) is 9.59 Å². The van der Waals surface area contributed by atoms with E-state index in [1.807, 2.05) is 30.3 Å². The molecule has 45 heavy (non-hydrogen) atoms. The Bertz CT molecular complexity index is 2040. The number of aromatic nitrogens is 3. The number of halogens is 3. The first-order valence-corrected chi connectivity index (χ1v) is 14.8. The van der Waals surface area contributed by atoms with E-state index in [1.54, 1.807) is 18.2 Å². The van der Waals surface area contributed by atoms with Crippen molar-refractivity contribution in [3.8, 4) is 11.5 Å². The quantitative estimate of drug-likeness (QED) is 0.199. The molecule has 1 saturated carbocycles. The number of aromatic hydroxyl groups is 1. The lowest BCUT2D eigenvalue weighted by atomic mass is 9.64. The normalized spacial score (nSPS) is 25.4. The van der Waals surface area contributed by atoms with Gasteiger partial charge in [0.2, 0.25) is 0 Å². The number of allylic oxidation sites excluding steroid dienone is 2. The molecule has 4 aromatic rings. The summed E-state index contributed by atoms with van der Waals surface area (Å²) in [4.78, 5) is 51.2. The summed E-state index contributed by atoms with van der Waals surface area (Å²) in [6, 6.07) is 17.7. The molecule has 10 nitrogen and oxygen atoms in total. The topological polar surface area (TPSA) is 116 Å². The molecule has 2 aliphatic heterocycles. The van der Waals surface area contributed by atoms with Crippen molar-refractivity contribution in [1.82, 2.24) is 13.9 Å². The molecule has 13 heteroatoms. The molecule has 0 radical (unpaired) electrons. The molecule has 2 amide bonds. The van der Waals surface area contributed by atoms with Gasteiger partial charge in [-0.2, -0.15) is 0 Å². The van der Waals surface area contributed by atoms with Crippen LogP contribution in [0.25, 0.3) is 0 Å². The van der Waals surface area contributed by atoms with Crippen molar-refractivity contribution in [3.63, 3.8) is 0 Å². The first kappa shape index (κ1) is 29.1. The Morgan fingerprint density at radius 1 is 0.956 bits per heavy atom. The number of alkyl halides is 2. The summed E-state index contributed by atoms with van der Waals surface area (Å²) in [5, 5.41) is 11.4. The highest BCUT2D eigenvalue weighted by atomic mass is 35.5. The van der Waals surface area contributed by atoms with Crippen LogP contribution in [0.15, 0.2) is 94.0 Å². The lowest BCUT2D eigenvalue weighted by Crippen LogP contribution is -2.59. The van der Waals surface area contributed by atoms with Crippen LogP contribution in [0.3, 0.4) is 0 Å². The first-order chi connectivity index (χ1) is 21.5. The second-order valence-corrected chi connectivity index (χ2v) is 12.6. The molecule has 0 spiro atoms. The fraction of sp³-hybridized carbons (Fsp3) is 0.250. The molecule has 7 rings (SSSR count). The average molecular weight is 651 g/mol. The number of carbonyl (C=O) groups excluding carboxylic acids is 2. The largest absolute Gasteiger partial charge is 0.508 e. The van der Waals surface area contributed by atoms with Gasteiger partial charge in [-0.05, 0) is 41.5 Å². The predicted octanol–water partition coefficient (Wildman–Crippen LogP) is 3.97. The van der Waals surface area contributed by atoms with Gasteiger partial charge in [0.1, 0.15) is 23.9 Å². The number of imide groups is 1. The molecule has 3 aliphatic rings. The van der Waals surface area contributed by atoms with Crippen LogP contribution in [0, 0.1) is 5.82 Å². The van der Waals surface area contributed by atoms with Gasteiger partial charge in [0.05, 0.1) is 18.3 Å². The molecule has 230 valence electrons. The summed E-state index contributed by atoms with van der Waals surface area (Å²) in [6.45, 7) is 0.205. The van der Waals surface area contributed by atoms with E-state index in [-0.39, 0.29) is 36.6 Å². The molecule has 3 heterocycles. The molecular weight excluding hydrogens is 626 g/mol. The maximum Gasteiger partial charge on any atom is 0.347 e. The van der Waals surface area contributed by atoms with Crippen LogP contribution in [0.5, 0.6) is 11.5 Å². The van der Waals surface area contributed by atoms with Gasteiger partial charge >= 0.3 is 11.4 Å². The Kier molecular flexibility index (Phi) is 6.61. The highest BCUT2D eigenvalue weighted by Gasteiger charge is 2.76. The fourth-order valence-corrected chi connectivity index (χ4v) is 7.62. The zero-order valence-corrected chi connectivity index (χ0v) is 25.2. The standard InChI is InChI=1S/C32H25Cl2FN4O6/c1-36-29(43)37-14-13-22-24(39(37)30(36)44)16-31(33)27(41)38(20-9-7-19(35)8-10-20)28(42)32(31,34)26(22)23-12-11-21(15-25(23)40)45-17-18-5-3-2-4-6-18/h2-13,15,24,26,40H,14,16-17H2,1H3/t24-,26-,31-,32+/m1/s1. The molecule has 0 unspecified atom stereocenters. The van der Waals surface area contributed by atoms with Gasteiger partial charge in [0, 0.05) is 31.0 Å². The van der Waals surface area contributed by atoms with E-state index in [0.717, 1.165) is 27.2 Å². The number of benzene rings is 3. The second-order valence-electron chi connectivity index (χ2n) is 11.3. The summed E-state index contributed by atoms with van der Waals surface area (Å²) >= 11 is 14.6. The van der Waals surface area contributed by atoms with Crippen LogP contribution in [0.1, 0.15) is 29.5 Å². The predicted molar refractivity (Wildman–Crippen MR) is 163 cm³/mol. The number of carbonyl (C=O) groups is 2. The number of phenols is 1. The third-order valence-electron chi connectivity index (χ3n) is 8.92. The van der Waals surface area contributed by atoms with Crippen LogP contribution in [0.2, 0.25) is 0 Å². The monoisotopic (exact) mass is 650 g/mol. The van der Waals surface area contributed by atoms with Gasteiger partial charge in [-0.1, -0.05) is 42.5 Å². The molecule has 3 aromatic carbocycles. The van der Waals surface area contributed by atoms with Crippen molar-refractivity contribution in [2.45, 2.75) is 41.3 Å². The molecule has 2 fully saturated rings. The zero-order valence-electron chi connectivity index (χ0n) is 23.7. The Balaban J connectivity index is 1.38. The SMILES string of the molecule is Cn1c(=O)n2n(c1=O)[C@@H]1C[C@@]3(Cl)C(=O)N(c4ccc(F)cc4)C(=O)[C@@]3(Cl)[C@@H](c3ccc(OCc4ccccc4)cc3O)C1=CC2. The van der Waals surface area contributed by atoms with Gasteiger partial charge < -0.3 is 9.84 Å². The highest BCUT2D eigenvalue weighted by Crippen LogP contribution is 2.64. The summed E-state index contributed by atoms with van der Waals surface area (Å²) in [6.07, 6.45) is 1.36. The van der Waals surface area contributed by atoms with Gasteiger partial charge in [-0.15, -0.1) is 23.2 Å². The van der Waals surface area contributed by atoms with E-state index in [1.165, 1.54) is 34.6 Å². The summed E-state index contributed by atoms with van der Waals surface area (Å²) in [5.41, 5.74) is 0.356. The lowest BCUT2D eigenvalue weighted by Gasteiger charge is -2.49. The number of hydrogen-bond acceptors (Lipinski definition) is 6. The summed E-state index contributed by atoms with van der Waals surface area (Å²) < 4.78 is 23.1. The zero-order chi connectivity index (χ0) is 31.8. The highest BCUT2D eigenvalue weighted by molar-refractivity contribution is 6.58. The van der Waals surface area contributed by atoms with E-state index in [2.05, 4.69) is 0 Å². The summed E-state index contributed by atoms with van der Waals surface area (Å²) in [7, 11) is 1.34. The van der Waals surface area contributed by atoms with E-state index >= 15 is 0 Å². The van der Waals surface area contributed by atoms with Crippen LogP contribution in [0.4, 0.5) is 10.1 Å². The molecule has 1 aliphatic carbocycles. The molecule has 1 saturated heterocycles. The van der Waals surface area contributed by atoms with Crippen LogP contribution in [-0.2, 0) is 29.8 Å². The summed E-state index contributed by atoms with van der Waals surface area (Å²) in [5.74, 6) is -3.49. The fourth-order valence-electron chi connectivity index (χ4n) is 6.71. The number of ether oxygens (including phenoxy) is 1. The lowest BCUT2D eigenvalue weighted by molar-refractivity contribution is -0.122. The smallest absolute Gasteiger partial charge is 0.347 e. The van der Waals surface area contributed by atoms with E-state index in [9.17, 15) is 28.7 Å². The number of nitrogens with zero attached hydrogens (tertiary/aromatic N) is 4. The van der Waals surface area contributed by atoms with Gasteiger partial charge in [-0.25, -0.2) is 32.8 Å². The Hall–Kier alpha value is -4.61. The van der Waals surface area contributed by atoms with Crippen molar-refractivity contribution in [1.29, 1.82) is 0 Å². The molecular formula is C32H25Cl2FN4O6. The minimum atomic E-state index is -2.19. The van der Waals surface area contributed by atoms with Crippen LogP contribution >= 0.6 is 23.2 Å². The van der Waals surface area contributed by atoms with Gasteiger partial charge in [0.25, 0.3) is 11.8 Å². The molecule has 1 aromatic heterocycles. The molecule has 1 N–H and O–H groups in total. The number of anilines is 1. The van der Waals surface area contributed by atoms with Crippen LogP contribution in [-0.4, -0.2) is 40.6 Å². The molecule has 0 bridgehead atoms. The van der Waals surface area contributed by atoms with E-state index < -0.39 is 50.7 Å². The van der Waals surface area contributed by atoms with Crippen molar-refractivity contribution < 1.29 is 23.8 Å². The number of phenolic OH excluding ortho intramolecular Hbond substituents is 1. The van der Waals surface area contributed by atoms with Crippen molar-refractivity contribution in [2.24, 2.45) is 7.05 Å². The Labute approximate surface area is 265 Å². The minimum Gasteiger partial charge on any atom is -0.508 e. The minimum absolute atomic E-state index is 0.0254. The second kappa shape index (κ2) is 10.2. The molecule has 4 atom stereocenters. The van der Waals surface area contributed by atoms with Crippen molar-refractivity contribution >= 4 is 40.7 Å². The number of hydrogen-bond donors (Lipinski definition) is 1.